The number of carbonyl (C=O) groups is 1. The van der Waals surface area contributed by atoms with Crippen LogP contribution in [0.3, 0.4) is 0 Å². The van der Waals surface area contributed by atoms with Gasteiger partial charge in [0.25, 0.3) is 0 Å². The Morgan fingerprint density at radius 3 is 2.22 bits per heavy atom. The first kappa shape index (κ1) is 22.5. The van der Waals surface area contributed by atoms with Crippen molar-refractivity contribution in [2.75, 3.05) is 18.4 Å². The molecule has 1 aliphatic heterocycles. The molecule has 0 aromatic heterocycles. The number of hydrogen-bond acceptors (Lipinski definition) is 3. The molecule has 0 aliphatic carbocycles. The number of benzene rings is 3. The van der Waals surface area contributed by atoms with Crippen LogP contribution in [0.1, 0.15) is 24.0 Å². The minimum absolute atomic E-state index is 0.0611. The molecule has 1 N–H and O–H groups in total. The maximum atomic E-state index is 12.9. The van der Waals surface area contributed by atoms with Gasteiger partial charge in [-0.25, -0.2) is 8.42 Å². The van der Waals surface area contributed by atoms with Crippen LogP contribution in [-0.2, 0) is 21.2 Å². The number of halogens is 1. The average Bonchev–Trinajstić information content (AvgIpc) is 2.81. The number of carbonyl (C=O) groups excluding carboxylic acids is 1. The van der Waals surface area contributed by atoms with E-state index in [0.717, 1.165) is 17.7 Å². The van der Waals surface area contributed by atoms with Crippen LogP contribution in [0, 0.1) is 5.92 Å². The van der Waals surface area contributed by atoms with Gasteiger partial charge in [0.15, 0.2) is 0 Å². The molecule has 5 nitrogen and oxygen atoms in total. The quantitative estimate of drug-likeness (QED) is 0.555. The topological polar surface area (TPSA) is 66.5 Å². The van der Waals surface area contributed by atoms with Gasteiger partial charge in [-0.05, 0) is 60.7 Å². The highest BCUT2D eigenvalue weighted by atomic mass is 35.5. The van der Waals surface area contributed by atoms with Crippen molar-refractivity contribution in [1.29, 1.82) is 0 Å². The normalized spacial score (nSPS) is 15.4. The highest BCUT2D eigenvalue weighted by Gasteiger charge is 2.32. The van der Waals surface area contributed by atoms with Crippen molar-refractivity contribution in [2.45, 2.75) is 24.2 Å². The first-order valence-corrected chi connectivity index (χ1v) is 12.4. The second kappa shape index (κ2) is 9.86. The predicted molar refractivity (Wildman–Crippen MR) is 127 cm³/mol. The molecule has 1 aliphatic rings. The molecule has 166 valence electrons. The van der Waals surface area contributed by atoms with Crippen molar-refractivity contribution in [3.63, 3.8) is 0 Å². The molecule has 0 atom stereocenters. The van der Waals surface area contributed by atoms with Crippen LogP contribution in [0.15, 0.2) is 83.8 Å². The van der Waals surface area contributed by atoms with Gasteiger partial charge < -0.3 is 5.32 Å². The molecule has 4 rings (SSSR count). The van der Waals surface area contributed by atoms with E-state index in [4.69, 9.17) is 11.6 Å². The number of para-hydroxylation sites is 1. The summed E-state index contributed by atoms with van der Waals surface area (Å²) in [5.74, 6) is -0.287. The molecule has 1 heterocycles. The van der Waals surface area contributed by atoms with Gasteiger partial charge >= 0.3 is 0 Å². The minimum atomic E-state index is -3.59. The Bertz CT molecular complexity index is 1170. The number of nitrogens with zero attached hydrogens (tertiary/aromatic N) is 1. The van der Waals surface area contributed by atoms with Gasteiger partial charge in [-0.1, -0.05) is 60.1 Å². The smallest absolute Gasteiger partial charge is 0.243 e. The first-order valence-electron chi connectivity index (χ1n) is 10.6. The maximum Gasteiger partial charge on any atom is 0.243 e. The fourth-order valence-electron chi connectivity index (χ4n) is 3.96. The van der Waals surface area contributed by atoms with E-state index in [9.17, 15) is 13.2 Å². The fraction of sp³-hybridized carbons (Fsp3) is 0.240. The van der Waals surface area contributed by atoms with Crippen LogP contribution < -0.4 is 5.32 Å². The summed E-state index contributed by atoms with van der Waals surface area (Å²) in [4.78, 5) is 13.2. The molecule has 0 radical (unpaired) electrons. The van der Waals surface area contributed by atoms with Crippen LogP contribution in [0.5, 0.6) is 0 Å². The molecular weight excluding hydrogens is 444 g/mol. The molecule has 32 heavy (non-hydrogen) atoms. The lowest BCUT2D eigenvalue weighted by Gasteiger charge is -2.30. The fourth-order valence-corrected chi connectivity index (χ4v) is 5.56. The summed E-state index contributed by atoms with van der Waals surface area (Å²) < 4.78 is 27.2. The number of piperidine rings is 1. The van der Waals surface area contributed by atoms with Crippen LogP contribution in [0.4, 0.5) is 5.69 Å². The van der Waals surface area contributed by atoms with E-state index < -0.39 is 10.0 Å². The highest BCUT2D eigenvalue weighted by molar-refractivity contribution is 7.89. The third-order valence-corrected chi connectivity index (χ3v) is 7.95. The molecular formula is C25H25ClN2O3S. The summed E-state index contributed by atoms with van der Waals surface area (Å²) in [6.45, 7) is 0.628. The number of amides is 1. The minimum Gasteiger partial charge on any atom is -0.326 e. The highest BCUT2D eigenvalue weighted by Crippen LogP contribution is 2.27. The van der Waals surface area contributed by atoms with Gasteiger partial charge in [0.2, 0.25) is 15.9 Å². The van der Waals surface area contributed by atoms with Gasteiger partial charge in [-0.3, -0.25) is 4.79 Å². The Labute approximate surface area is 194 Å². The number of rotatable bonds is 6. The maximum absolute atomic E-state index is 12.9. The van der Waals surface area contributed by atoms with Crippen molar-refractivity contribution < 1.29 is 13.2 Å². The number of anilines is 1. The molecule has 7 heteroatoms. The van der Waals surface area contributed by atoms with Gasteiger partial charge in [-0.15, -0.1) is 0 Å². The number of hydrogen-bond donors (Lipinski definition) is 1. The molecule has 3 aromatic rings. The predicted octanol–water partition coefficient (Wildman–Crippen LogP) is 4.97. The van der Waals surface area contributed by atoms with E-state index in [0.29, 0.717) is 31.0 Å². The number of sulfonamides is 1. The van der Waals surface area contributed by atoms with E-state index in [1.54, 1.807) is 12.1 Å². The van der Waals surface area contributed by atoms with Crippen molar-refractivity contribution >= 4 is 33.2 Å². The van der Waals surface area contributed by atoms with Gasteiger partial charge in [0.05, 0.1) is 4.90 Å². The summed E-state index contributed by atoms with van der Waals surface area (Å²) in [5, 5.41) is 3.56. The second-order valence-electron chi connectivity index (χ2n) is 7.94. The van der Waals surface area contributed by atoms with Crippen molar-refractivity contribution in [2.24, 2.45) is 5.92 Å². The Kier molecular flexibility index (Phi) is 6.94. The zero-order valence-corrected chi connectivity index (χ0v) is 19.1. The van der Waals surface area contributed by atoms with Crippen LogP contribution in [0.25, 0.3) is 0 Å². The largest absolute Gasteiger partial charge is 0.326 e. The van der Waals surface area contributed by atoms with Gasteiger partial charge in [0.1, 0.15) is 0 Å². The lowest BCUT2D eigenvalue weighted by atomic mass is 9.96. The molecule has 0 saturated carbocycles. The Hall–Kier alpha value is -2.67. The lowest BCUT2D eigenvalue weighted by Crippen LogP contribution is -2.41. The van der Waals surface area contributed by atoms with Gasteiger partial charge in [0, 0.05) is 29.7 Å². The van der Waals surface area contributed by atoms with E-state index in [-0.39, 0.29) is 16.7 Å². The SMILES string of the molecule is O=C(Nc1ccccc1Cc1ccccc1)C1CCN(S(=O)(=O)c2ccc(Cl)cc2)CC1. The first-order chi connectivity index (χ1) is 15.4. The van der Waals surface area contributed by atoms with Crippen LogP contribution in [0.2, 0.25) is 5.02 Å². The summed E-state index contributed by atoms with van der Waals surface area (Å²) in [5.41, 5.74) is 3.03. The molecule has 1 fully saturated rings. The third kappa shape index (κ3) is 5.21. The average molecular weight is 469 g/mol. The van der Waals surface area contributed by atoms with E-state index in [1.807, 2.05) is 42.5 Å². The Balaban J connectivity index is 1.39. The summed E-state index contributed by atoms with van der Waals surface area (Å²) >= 11 is 5.87. The van der Waals surface area contributed by atoms with Crippen molar-refractivity contribution in [1.82, 2.24) is 4.31 Å². The summed E-state index contributed by atoms with van der Waals surface area (Å²) in [6, 6.07) is 24.1. The zero-order chi connectivity index (χ0) is 22.6. The van der Waals surface area contributed by atoms with E-state index in [2.05, 4.69) is 17.4 Å². The second-order valence-corrected chi connectivity index (χ2v) is 10.3. The molecule has 1 amide bonds. The van der Waals surface area contributed by atoms with E-state index in [1.165, 1.54) is 22.0 Å². The lowest BCUT2D eigenvalue weighted by molar-refractivity contribution is -0.120. The Morgan fingerprint density at radius 1 is 0.906 bits per heavy atom. The number of nitrogens with one attached hydrogen (secondary N) is 1. The summed E-state index contributed by atoms with van der Waals surface area (Å²) in [7, 11) is -3.59. The van der Waals surface area contributed by atoms with Crippen LogP contribution in [-0.4, -0.2) is 31.7 Å². The monoisotopic (exact) mass is 468 g/mol. The Morgan fingerprint density at radius 2 is 1.53 bits per heavy atom. The van der Waals surface area contributed by atoms with Crippen molar-refractivity contribution in [3.05, 3.63) is 95.0 Å². The molecule has 1 saturated heterocycles. The summed E-state index contributed by atoms with van der Waals surface area (Å²) in [6.07, 6.45) is 1.70. The van der Waals surface area contributed by atoms with Crippen LogP contribution >= 0.6 is 11.6 Å². The molecule has 0 bridgehead atoms. The standard InChI is InChI=1S/C25H25ClN2O3S/c26-22-10-12-23(13-11-22)32(30,31)28-16-14-20(15-17-28)25(29)27-24-9-5-4-8-21(24)18-19-6-2-1-3-7-19/h1-13,20H,14-18H2,(H,27,29). The third-order valence-electron chi connectivity index (χ3n) is 5.79. The zero-order valence-electron chi connectivity index (χ0n) is 17.6. The van der Waals surface area contributed by atoms with Crippen molar-refractivity contribution in [3.8, 4) is 0 Å². The molecule has 0 unspecified atom stereocenters. The van der Waals surface area contributed by atoms with Gasteiger partial charge in [-0.2, -0.15) is 4.31 Å². The molecule has 0 spiro atoms. The van der Waals surface area contributed by atoms with E-state index >= 15 is 0 Å². The molecule has 3 aromatic carbocycles.